The van der Waals surface area contributed by atoms with Crippen molar-refractivity contribution in [2.24, 2.45) is 5.92 Å². The summed E-state index contributed by atoms with van der Waals surface area (Å²) >= 11 is 3.53. The van der Waals surface area contributed by atoms with Crippen molar-refractivity contribution in [3.8, 4) is 5.75 Å². The summed E-state index contributed by atoms with van der Waals surface area (Å²) in [6.07, 6.45) is 0. The number of fused-ring (bicyclic) bond motifs is 4. The molecule has 0 spiro atoms. The van der Waals surface area contributed by atoms with Crippen LogP contribution in [-0.4, -0.2) is 17.7 Å². The summed E-state index contributed by atoms with van der Waals surface area (Å²) in [6.45, 7) is 4.95. The summed E-state index contributed by atoms with van der Waals surface area (Å²) in [7, 11) is 0. The fraction of sp³-hybridized carbons (Fsp3) is 0.316. The SMILES string of the molecule is CC1(C)c2cccc(C(=O)O)c2N[C@@H]2c3cc(Br)ccc3OC[C@H]21. The molecule has 0 unspecified atom stereocenters. The van der Waals surface area contributed by atoms with E-state index in [4.69, 9.17) is 4.74 Å². The Balaban J connectivity index is 1.92. The minimum Gasteiger partial charge on any atom is -0.493 e. The molecule has 124 valence electrons. The number of halogens is 1. The molecule has 5 heteroatoms. The number of ether oxygens (including phenoxy) is 1. The van der Waals surface area contributed by atoms with E-state index in [1.807, 2.05) is 24.3 Å². The first-order valence-electron chi connectivity index (χ1n) is 7.95. The minimum absolute atomic E-state index is 0.0225. The topological polar surface area (TPSA) is 58.6 Å². The lowest BCUT2D eigenvalue weighted by molar-refractivity contribution is 0.0696. The first-order chi connectivity index (χ1) is 11.4. The number of carboxylic acid groups (broad SMARTS) is 1. The van der Waals surface area contributed by atoms with E-state index in [2.05, 4.69) is 41.2 Å². The number of aromatic carboxylic acids is 1. The Morgan fingerprint density at radius 1 is 1.33 bits per heavy atom. The van der Waals surface area contributed by atoms with Gasteiger partial charge in [-0.2, -0.15) is 0 Å². The van der Waals surface area contributed by atoms with Crippen LogP contribution in [0, 0.1) is 5.92 Å². The molecule has 4 rings (SSSR count). The molecule has 0 amide bonds. The van der Waals surface area contributed by atoms with Gasteiger partial charge in [-0.05, 0) is 29.8 Å². The largest absolute Gasteiger partial charge is 0.493 e. The molecule has 0 saturated heterocycles. The van der Waals surface area contributed by atoms with Gasteiger partial charge in [-0.3, -0.25) is 0 Å². The van der Waals surface area contributed by atoms with Crippen LogP contribution in [0.1, 0.15) is 41.4 Å². The fourth-order valence-corrected chi connectivity index (χ4v) is 4.35. The lowest BCUT2D eigenvalue weighted by atomic mass is 9.65. The molecule has 4 nitrogen and oxygen atoms in total. The van der Waals surface area contributed by atoms with E-state index in [9.17, 15) is 9.90 Å². The highest BCUT2D eigenvalue weighted by molar-refractivity contribution is 9.10. The van der Waals surface area contributed by atoms with Crippen molar-refractivity contribution in [3.05, 3.63) is 57.6 Å². The van der Waals surface area contributed by atoms with Crippen LogP contribution < -0.4 is 10.1 Å². The Morgan fingerprint density at radius 3 is 2.88 bits per heavy atom. The number of benzene rings is 2. The van der Waals surface area contributed by atoms with Crippen molar-refractivity contribution < 1.29 is 14.6 Å². The van der Waals surface area contributed by atoms with Gasteiger partial charge in [0.15, 0.2) is 0 Å². The molecule has 0 aromatic heterocycles. The van der Waals surface area contributed by atoms with E-state index in [-0.39, 0.29) is 17.4 Å². The Labute approximate surface area is 149 Å². The van der Waals surface area contributed by atoms with Crippen LogP contribution in [0.2, 0.25) is 0 Å². The van der Waals surface area contributed by atoms with Gasteiger partial charge in [-0.25, -0.2) is 4.79 Å². The van der Waals surface area contributed by atoms with E-state index in [0.717, 1.165) is 27.0 Å². The second-order valence-electron chi connectivity index (χ2n) is 6.98. The van der Waals surface area contributed by atoms with Crippen LogP contribution in [0.25, 0.3) is 0 Å². The molecule has 0 bridgehead atoms. The molecule has 2 heterocycles. The maximum Gasteiger partial charge on any atom is 0.337 e. The number of nitrogens with one attached hydrogen (secondary N) is 1. The molecular weight excluding hydrogens is 370 g/mol. The van der Waals surface area contributed by atoms with Gasteiger partial charge in [0.05, 0.1) is 23.9 Å². The normalized spacial score (nSPS) is 23.1. The summed E-state index contributed by atoms with van der Waals surface area (Å²) in [6, 6.07) is 11.5. The summed E-state index contributed by atoms with van der Waals surface area (Å²) in [5, 5.41) is 13.1. The van der Waals surface area contributed by atoms with Gasteiger partial charge in [-0.1, -0.05) is 41.9 Å². The molecule has 0 fully saturated rings. The van der Waals surface area contributed by atoms with Gasteiger partial charge in [0, 0.05) is 21.4 Å². The standard InChI is InChI=1S/C19H18BrNO3/c1-19(2)13-5-3-4-11(18(22)23)16(13)21-17-12-8-10(20)6-7-15(12)24-9-14(17)19/h3-8,14,17,21H,9H2,1-2H3,(H,22,23)/t14-,17-/m1/s1. The van der Waals surface area contributed by atoms with Crippen LogP contribution in [0.4, 0.5) is 5.69 Å². The average Bonchev–Trinajstić information content (AvgIpc) is 2.54. The summed E-state index contributed by atoms with van der Waals surface area (Å²) in [5.74, 6) is 0.171. The highest BCUT2D eigenvalue weighted by Gasteiger charge is 2.47. The second-order valence-corrected chi connectivity index (χ2v) is 7.89. The van der Waals surface area contributed by atoms with E-state index >= 15 is 0 Å². The number of hydrogen-bond acceptors (Lipinski definition) is 3. The Morgan fingerprint density at radius 2 is 2.12 bits per heavy atom. The van der Waals surface area contributed by atoms with E-state index in [0.29, 0.717) is 12.2 Å². The number of carbonyl (C=O) groups is 1. The maximum absolute atomic E-state index is 11.7. The summed E-state index contributed by atoms with van der Waals surface area (Å²) < 4.78 is 6.99. The molecule has 2 atom stereocenters. The molecule has 2 aliphatic rings. The molecule has 0 saturated carbocycles. The fourth-order valence-electron chi connectivity index (χ4n) is 3.97. The van der Waals surface area contributed by atoms with Gasteiger partial charge >= 0.3 is 5.97 Å². The molecular formula is C19H18BrNO3. The number of anilines is 1. The smallest absolute Gasteiger partial charge is 0.337 e. The van der Waals surface area contributed by atoms with Crippen LogP contribution in [0.3, 0.4) is 0 Å². The predicted octanol–water partition coefficient (Wildman–Crippen LogP) is 4.60. The molecule has 2 N–H and O–H groups in total. The summed E-state index contributed by atoms with van der Waals surface area (Å²) in [5.41, 5.74) is 2.95. The minimum atomic E-state index is -0.907. The third-order valence-corrected chi connectivity index (χ3v) is 5.84. The molecule has 2 aliphatic heterocycles. The van der Waals surface area contributed by atoms with Crippen molar-refractivity contribution >= 4 is 27.6 Å². The van der Waals surface area contributed by atoms with Crippen molar-refractivity contribution in [1.29, 1.82) is 0 Å². The average molecular weight is 388 g/mol. The van der Waals surface area contributed by atoms with Crippen LogP contribution in [0.15, 0.2) is 40.9 Å². The van der Waals surface area contributed by atoms with Crippen molar-refractivity contribution in [2.75, 3.05) is 11.9 Å². The molecule has 2 aromatic rings. The predicted molar refractivity (Wildman–Crippen MR) is 95.9 cm³/mol. The number of rotatable bonds is 1. The Kier molecular flexibility index (Phi) is 3.39. The van der Waals surface area contributed by atoms with E-state index < -0.39 is 5.97 Å². The number of para-hydroxylation sites is 1. The molecule has 0 radical (unpaired) electrons. The second kappa shape index (κ2) is 5.24. The van der Waals surface area contributed by atoms with Gasteiger partial charge in [0.1, 0.15) is 5.75 Å². The lowest BCUT2D eigenvalue weighted by Gasteiger charge is -2.48. The molecule has 2 aromatic carbocycles. The van der Waals surface area contributed by atoms with Crippen LogP contribution >= 0.6 is 15.9 Å². The Hall–Kier alpha value is -2.01. The van der Waals surface area contributed by atoms with Gasteiger partial charge in [-0.15, -0.1) is 0 Å². The molecule has 24 heavy (non-hydrogen) atoms. The Bertz CT molecular complexity index is 847. The third-order valence-electron chi connectivity index (χ3n) is 5.34. The zero-order valence-corrected chi connectivity index (χ0v) is 15.1. The zero-order chi connectivity index (χ0) is 17.1. The van der Waals surface area contributed by atoms with Crippen LogP contribution in [-0.2, 0) is 5.41 Å². The highest BCUT2D eigenvalue weighted by Crippen LogP contribution is 2.52. The first kappa shape index (κ1) is 15.5. The lowest BCUT2D eigenvalue weighted by Crippen LogP contribution is -2.46. The van der Waals surface area contributed by atoms with Gasteiger partial charge < -0.3 is 15.2 Å². The monoisotopic (exact) mass is 387 g/mol. The highest BCUT2D eigenvalue weighted by atomic mass is 79.9. The first-order valence-corrected chi connectivity index (χ1v) is 8.74. The molecule has 0 aliphatic carbocycles. The van der Waals surface area contributed by atoms with Crippen molar-refractivity contribution in [2.45, 2.75) is 25.3 Å². The summed E-state index contributed by atoms with van der Waals surface area (Å²) in [4.78, 5) is 11.7. The quantitative estimate of drug-likeness (QED) is 0.750. The number of carboxylic acids is 1. The van der Waals surface area contributed by atoms with Gasteiger partial charge in [0.25, 0.3) is 0 Å². The van der Waals surface area contributed by atoms with E-state index in [1.54, 1.807) is 6.07 Å². The third kappa shape index (κ3) is 2.14. The van der Waals surface area contributed by atoms with Gasteiger partial charge in [0.2, 0.25) is 0 Å². The zero-order valence-electron chi connectivity index (χ0n) is 13.5. The van der Waals surface area contributed by atoms with E-state index in [1.165, 1.54) is 0 Å². The number of hydrogen-bond donors (Lipinski definition) is 2. The maximum atomic E-state index is 11.7. The van der Waals surface area contributed by atoms with Crippen LogP contribution in [0.5, 0.6) is 5.75 Å². The van der Waals surface area contributed by atoms with Crippen molar-refractivity contribution in [3.63, 3.8) is 0 Å². The van der Waals surface area contributed by atoms with Crippen molar-refractivity contribution in [1.82, 2.24) is 0 Å².